The zero-order chi connectivity index (χ0) is 40.0. The number of likely N-dealkylation sites (N-methyl/N-ethyl adjacent to an activating group) is 2. The molecule has 300 valence electrons. The molecule has 3 aliphatic rings. The first-order chi connectivity index (χ1) is 24.5. The van der Waals surface area contributed by atoms with Crippen molar-refractivity contribution in [1.82, 2.24) is 15.5 Å². The van der Waals surface area contributed by atoms with Crippen LogP contribution in [0.4, 0.5) is 0 Å². The molecule has 1 unspecified atom stereocenters. The average molecular weight is 732 g/mol. The molecule has 3 heterocycles. The predicted octanol–water partition coefficient (Wildman–Crippen LogP) is 1.68. The smallest absolute Gasteiger partial charge is 0.302 e. The Morgan fingerprint density at radius 3 is 1.92 bits per heavy atom. The van der Waals surface area contributed by atoms with Gasteiger partial charge >= 0.3 is 5.97 Å². The number of carboxylic acids is 1. The molecule has 51 heavy (non-hydrogen) atoms. The lowest BCUT2D eigenvalue weighted by molar-refractivity contribution is -0.504. The highest BCUT2D eigenvalue weighted by molar-refractivity contribution is 5.65. The Hall–Kier alpha value is -3.13. The summed E-state index contributed by atoms with van der Waals surface area (Å²) in [4.78, 5) is 31.0. The van der Waals surface area contributed by atoms with Crippen LogP contribution in [0.25, 0.3) is 5.41 Å². The second-order valence-corrected chi connectivity index (χ2v) is 11.1. The van der Waals surface area contributed by atoms with Gasteiger partial charge in [0.15, 0.2) is 12.8 Å². The number of hydrogen-bond donors (Lipinski definition) is 3. The number of esters is 1. The van der Waals surface area contributed by atoms with Crippen molar-refractivity contribution in [1.29, 1.82) is 5.26 Å². The number of rotatable bonds is 11. The van der Waals surface area contributed by atoms with Gasteiger partial charge < -0.3 is 45.3 Å². The van der Waals surface area contributed by atoms with Crippen LogP contribution >= 0.6 is 0 Å². The molecule has 3 rings (SSSR count). The quantitative estimate of drug-likeness (QED) is 0.0914. The van der Waals surface area contributed by atoms with E-state index >= 15 is 0 Å². The molecule has 1 fully saturated rings. The third-order valence-electron chi connectivity index (χ3n) is 6.42. The zero-order valence-electron chi connectivity index (χ0n) is 33.4. The van der Waals surface area contributed by atoms with E-state index in [0.29, 0.717) is 19.6 Å². The fourth-order valence-corrected chi connectivity index (χ4v) is 3.62. The summed E-state index contributed by atoms with van der Waals surface area (Å²) in [5.74, 6) is -1.02. The zero-order valence-corrected chi connectivity index (χ0v) is 33.4. The number of nitrogens with zero attached hydrogens (tertiary/aromatic N) is 5. The summed E-state index contributed by atoms with van der Waals surface area (Å²) in [6, 6.07) is 2.13. The molecule has 0 spiro atoms. The second-order valence-electron chi connectivity index (χ2n) is 11.1. The van der Waals surface area contributed by atoms with E-state index in [-0.39, 0.29) is 12.0 Å². The summed E-state index contributed by atoms with van der Waals surface area (Å²) in [7, 11) is 10.7. The van der Waals surface area contributed by atoms with E-state index in [2.05, 4.69) is 46.2 Å². The summed E-state index contributed by atoms with van der Waals surface area (Å²) in [5, 5.41) is 37.7. The molecule has 0 aromatic rings. The van der Waals surface area contributed by atoms with Crippen molar-refractivity contribution in [3.63, 3.8) is 0 Å². The van der Waals surface area contributed by atoms with Gasteiger partial charge in [-0.1, -0.05) is 6.92 Å². The minimum Gasteiger partial charge on any atom is -0.857 e. The monoisotopic (exact) mass is 732 g/mol. The van der Waals surface area contributed by atoms with E-state index in [4.69, 9.17) is 39.9 Å². The van der Waals surface area contributed by atoms with Gasteiger partial charge in [-0.25, -0.2) is 15.4 Å². The van der Waals surface area contributed by atoms with Gasteiger partial charge in [0, 0.05) is 39.7 Å². The number of aldehydes is 1. The maximum absolute atomic E-state index is 10.3. The molecule has 0 aliphatic carbocycles. The third-order valence-corrected chi connectivity index (χ3v) is 6.42. The van der Waals surface area contributed by atoms with Crippen molar-refractivity contribution >= 4 is 36.9 Å². The van der Waals surface area contributed by atoms with Crippen LogP contribution in [0.15, 0.2) is 0 Å². The van der Waals surface area contributed by atoms with Crippen LogP contribution in [0.1, 0.15) is 78.6 Å². The average Bonchev–Trinajstić information content (AvgIpc) is 3.11. The van der Waals surface area contributed by atoms with Gasteiger partial charge in [-0.05, 0) is 72.8 Å². The molecule has 0 bridgehead atoms. The normalized spacial score (nSPS) is 15.5. The molecular formula is C36H73N7O8. The lowest BCUT2D eigenvalue weighted by atomic mass is 10.2. The van der Waals surface area contributed by atoms with Crippen molar-refractivity contribution in [3.05, 3.63) is 5.41 Å². The first-order valence-electron chi connectivity index (χ1n) is 17.7. The number of carbonyl (C=O) groups excluding carboxylic acids is 2. The first kappa shape index (κ1) is 57.2. The molecule has 1 saturated heterocycles. The van der Waals surface area contributed by atoms with Crippen LogP contribution in [0.2, 0.25) is 0 Å². The van der Waals surface area contributed by atoms with Gasteiger partial charge in [0.2, 0.25) is 0 Å². The van der Waals surface area contributed by atoms with Crippen molar-refractivity contribution in [3.8, 4) is 6.07 Å². The summed E-state index contributed by atoms with van der Waals surface area (Å²) in [5.41, 5.74) is 0. The topological polar surface area (TPSA) is 202 Å². The van der Waals surface area contributed by atoms with Crippen molar-refractivity contribution in [2.24, 2.45) is 0 Å². The van der Waals surface area contributed by atoms with E-state index < -0.39 is 5.97 Å². The van der Waals surface area contributed by atoms with Crippen LogP contribution < -0.4 is 15.7 Å². The number of carbonyl (C=O) groups is 3. The molecule has 15 heteroatoms. The second kappa shape index (κ2) is 51.2. The summed E-state index contributed by atoms with van der Waals surface area (Å²) in [6.45, 7) is 12.9. The van der Waals surface area contributed by atoms with Crippen molar-refractivity contribution < 1.29 is 48.0 Å². The highest BCUT2D eigenvalue weighted by atomic mass is 16.5. The molecule has 0 radical (unpaired) electrons. The Bertz CT molecular complexity index is 856. The number of ether oxygens (including phenoxy) is 3. The van der Waals surface area contributed by atoms with Gasteiger partial charge in [0.05, 0.1) is 25.9 Å². The lowest BCUT2D eigenvalue weighted by Gasteiger charge is -2.26. The van der Waals surface area contributed by atoms with Crippen LogP contribution in [-0.4, -0.2) is 170 Å². The Morgan fingerprint density at radius 1 is 1.02 bits per heavy atom. The fraction of sp³-hybridized carbons (Fsp3) is 0.806. The molecule has 0 aromatic carbocycles. The minimum atomic E-state index is -0.833. The highest BCUT2D eigenvalue weighted by Crippen LogP contribution is 2.01. The number of aliphatic carboxylic acids is 1. The summed E-state index contributed by atoms with van der Waals surface area (Å²) in [6.07, 6.45) is 16.4. The Balaban J connectivity index is -0.000000164. The molecule has 15 nitrogen and oxygen atoms in total. The maximum atomic E-state index is 10.3. The van der Waals surface area contributed by atoms with Gasteiger partial charge in [-0.2, -0.15) is 12.4 Å². The van der Waals surface area contributed by atoms with E-state index in [0.717, 1.165) is 105 Å². The molecule has 0 saturated carbocycles. The standard InChI is InChI=1S/C8H17NO2.C6H10N2O.C6H13NO.C6H12N.C5H10NO.C2H4N.C2H4O2.CH3O/c1-8(10)11-7-5-3-4-6-9-2;1-8-2-3-9-5-6(8)4-7;1-7-5-3-2-4-6-8;1-7-5-3-2-4-6-7;1-6-2-4-7-5-3-6;1-2-3;1-2(3)4;1-2/h9H,3-7H2,1-2H3;6H,2-3,5H2,1H3;6-7H,2-5H2,1H3;5H,2-4,6H2,1H3;2H,3-5H2,1H3;2H,1H3;1H3,(H,3,4);1H3/q;;;2*+1;-1;;-1. The van der Waals surface area contributed by atoms with E-state index in [1.54, 1.807) is 6.92 Å². The molecule has 0 aromatic heterocycles. The number of hydrogen-bond acceptors (Lipinski definition) is 11. The summed E-state index contributed by atoms with van der Waals surface area (Å²) < 4.78 is 19.3. The minimum absolute atomic E-state index is 0.0289. The van der Waals surface area contributed by atoms with E-state index in [1.165, 1.54) is 32.7 Å². The van der Waals surface area contributed by atoms with Crippen LogP contribution in [-0.2, 0) is 28.6 Å². The van der Waals surface area contributed by atoms with E-state index in [1.807, 2.05) is 32.3 Å². The summed E-state index contributed by atoms with van der Waals surface area (Å²) >= 11 is 0. The Kier molecular flexibility index (Phi) is 57.5. The molecule has 3 N–H and O–H groups in total. The Labute approximate surface area is 309 Å². The number of nitrogens with one attached hydrogen (secondary N) is 2. The molecule has 3 aliphatic heterocycles. The van der Waals surface area contributed by atoms with Crippen molar-refractivity contribution in [2.45, 2.75) is 84.6 Å². The van der Waals surface area contributed by atoms with Crippen LogP contribution in [0, 0.1) is 11.3 Å². The van der Waals surface area contributed by atoms with Crippen molar-refractivity contribution in [2.75, 3.05) is 108 Å². The largest absolute Gasteiger partial charge is 0.857 e. The predicted molar refractivity (Wildman–Crippen MR) is 204 cm³/mol. The van der Waals surface area contributed by atoms with Gasteiger partial charge in [0.1, 0.15) is 52.4 Å². The maximum Gasteiger partial charge on any atom is 0.302 e. The van der Waals surface area contributed by atoms with Crippen LogP contribution in [0.3, 0.4) is 0 Å². The number of nitriles is 1. The molecular weight excluding hydrogens is 658 g/mol. The van der Waals surface area contributed by atoms with Gasteiger partial charge in [0.25, 0.3) is 5.97 Å². The number of unbranched alkanes of at least 4 members (excludes halogenated alkanes) is 4. The van der Waals surface area contributed by atoms with Gasteiger partial charge in [-0.3, -0.25) is 14.5 Å². The SMILES string of the molecule is CC(=O)O.CC=[N-].CN1CCOCC1C#N.CNCCCCC=O.CNCCCCCOC(C)=O.C[N+]1=CCCCC1.C[N+]1=CCOCC1.C[O-]. The van der Waals surface area contributed by atoms with Gasteiger partial charge in [-0.15, -0.1) is 0 Å². The third kappa shape index (κ3) is 62.5. The number of carboxylic acid groups (broad SMARTS) is 1. The van der Waals surface area contributed by atoms with E-state index in [9.17, 15) is 9.59 Å². The van der Waals surface area contributed by atoms with Crippen LogP contribution in [0.5, 0.6) is 0 Å². The fourth-order valence-electron chi connectivity index (χ4n) is 3.62. The lowest BCUT2D eigenvalue weighted by Crippen LogP contribution is -2.41. The number of morpholine rings is 1. The Morgan fingerprint density at radius 2 is 1.59 bits per heavy atom. The highest BCUT2D eigenvalue weighted by Gasteiger charge is 2.17. The molecule has 0 amide bonds. The molecule has 1 atom stereocenters. The first-order valence-corrected chi connectivity index (χ1v) is 17.7.